The van der Waals surface area contributed by atoms with E-state index in [0.29, 0.717) is 17.9 Å². The first-order valence-corrected chi connectivity index (χ1v) is 5.64. The van der Waals surface area contributed by atoms with Crippen molar-refractivity contribution in [2.24, 2.45) is 0 Å². The number of rotatable bonds is 6. The fourth-order valence-electron chi connectivity index (χ4n) is 1.27. The molecule has 4 heteroatoms. The van der Waals surface area contributed by atoms with E-state index in [1.54, 1.807) is 24.3 Å². The minimum Gasteiger partial charge on any atom is -0.371 e. The molecule has 0 aliphatic carbocycles. The van der Waals surface area contributed by atoms with Gasteiger partial charge in [0.15, 0.2) is 0 Å². The van der Waals surface area contributed by atoms with E-state index in [2.05, 4.69) is 11.9 Å². The van der Waals surface area contributed by atoms with Crippen molar-refractivity contribution in [3.63, 3.8) is 0 Å². The second kappa shape index (κ2) is 7.25. The molecule has 1 aromatic rings. The van der Waals surface area contributed by atoms with Crippen molar-refractivity contribution < 1.29 is 9.53 Å². The smallest absolute Gasteiger partial charge is 0.250 e. The molecule has 0 bridgehead atoms. The summed E-state index contributed by atoms with van der Waals surface area (Å²) in [6.45, 7) is 6.15. The zero-order valence-corrected chi connectivity index (χ0v) is 10.4. The molecule has 0 heterocycles. The fourth-order valence-corrected chi connectivity index (χ4v) is 1.27. The molecule has 0 saturated carbocycles. The normalized spacial score (nSPS) is 9.56. The Kier molecular flexibility index (Phi) is 5.62. The van der Waals surface area contributed by atoms with E-state index in [1.165, 1.54) is 0 Å². The summed E-state index contributed by atoms with van der Waals surface area (Å²) in [5.41, 5.74) is 2.13. The molecule has 0 aromatic heterocycles. The van der Waals surface area contributed by atoms with E-state index in [9.17, 15) is 4.79 Å². The van der Waals surface area contributed by atoms with E-state index in [-0.39, 0.29) is 12.5 Å². The summed E-state index contributed by atoms with van der Waals surface area (Å²) < 4.78 is 5.20. The molecule has 1 amide bonds. The molecular weight excluding hydrogens is 228 g/mol. The summed E-state index contributed by atoms with van der Waals surface area (Å²) in [5, 5.41) is 11.4. The molecule has 1 rings (SSSR count). The summed E-state index contributed by atoms with van der Waals surface area (Å²) in [7, 11) is 0. The number of hydrogen-bond donors (Lipinski definition) is 1. The maximum atomic E-state index is 11.5. The van der Waals surface area contributed by atoms with Crippen molar-refractivity contribution in [2.45, 2.75) is 13.3 Å². The number of benzene rings is 1. The van der Waals surface area contributed by atoms with Crippen LogP contribution in [0.2, 0.25) is 0 Å². The maximum Gasteiger partial charge on any atom is 0.250 e. The number of nitrogens with one attached hydrogen (secondary N) is 1. The van der Waals surface area contributed by atoms with Crippen molar-refractivity contribution in [3.8, 4) is 6.07 Å². The van der Waals surface area contributed by atoms with E-state index in [0.717, 1.165) is 12.0 Å². The van der Waals surface area contributed by atoms with Crippen LogP contribution in [0.15, 0.2) is 36.4 Å². The molecule has 0 fully saturated rings. The van der Waals surface area contributed by atoms with Crippen molar-refractivity contribution >= 4 is 11.6 Å². The molecule has 0 unspecified atom stereocenters. The molecule has 0 radical (unpaired) electrons. The number of ether oxygens (including phenoxy) is 1. The van der Waals surface area contributed by atoms with E-state index in [1.807, 2.05) is 13.0 Å². The number of hydrogen-bond acceptors (Lipinski definition) is 3. The number of nitrogens with zero attached hydrogens (tertiary/aromatic N) is 1. The number of carbonyl (C=O) groups excluding carboxylic acids is 1. The lowest BCUT2D eigenvalue weighted by Gasteiger charge is -2.06. The third kappa shape index (κ3) is 5.28. The first kappa shape index (κ1) is 13.9. The SMILES string of the molecule is C=C(C)CCOCC(=O)Nc1cccc(C#N)c1. The van der Waals surface area contributed by atoms with Crippen LogP contribution in [0.5, 0.6) is 0 Å². The zero-order valence-electron chi connectivity index (χ0n) is 10.4. The Morgan fingerprint density at radius 1 is 1.56 bits per heavy atom. The van der Waals surface area contributed by atoms with Crippen LogP contribution in [0.25, 0.3) is 0 Å². The Hall–Kier alpha value is -2.12. The van der Waals surface area contributed by atoms with Crippen LogP contribution in [0.3, 0.4) is 0 Å². The molecule has 1 aromatic carbocycles. The fraction of sp³-hybridized carbons (Fsp3) is 0.286. The van der Waals surface area contributed by atoms with Gasteiger partial charge in [-0.05, 0) is 31.5 Å². The average molecular weight is 244 g/mol. The van der Waals surface area contributed by atoms with E-state index in [4.69, 9.17) is 10.00 Å². The topological polar surface area (TPSA) is 62.1 Å². The van der Waals surface area contributed by atoms with E-state index >= 15 is 0 Å². The van der Waals surface area contributed by atoms with Gasteiger partial charge in [-0.25, -0.2) is 0 Å². The van der Waals surface area contributed by atoms with Crippen molar-refractivity contribution in [2.75, 3.05) is 18.5 Å². The molecular formula is C14H16N2O2. The third-order valence-electron chi connectivity index (χ3n) is 2.18. The van der Waals surface area contributed by atoms with Gasteiger partial charge in [-0.1, -0.05) is 11.6 Å². The zero-order chi connectivity index (χ0) is 13.4. The van der Waals surface area contributed by atoms with Crippen LogP contribution in [0.4, 0.5) is 5.69 Å². The summed E-state index contributed by atoms with van der Waals surface area (Å²) >= 11 is 0. The van der Waals surface area contributed by atoms with E-state index < -0.39 is 0 Å². The molecule has 4 nitrogen and oxygen atoms in total. The molecule has 1 N–H and O–H groups in total. The molecule has 0 aliphatic heterocycles. The highest BCUT2D eigenvalue weighted by atomic mass is 16.5. The van der Waals surface area contributed by atoms with Crippen LogP contribution in [-0.2, 0) is 9.53 Å². The average Bonchev–Trinajstić information content (AvgIpc) is 2.34. The second-order valence-corrected chi connectivity index (χ2v) is 4.00. The lowest BCUT2D eigenvalue weighted by molar-refractivity contribution is -0.120. The largest absolute Gasteiger partial charge is 0.371 e. The van der Waals surface area contributed by atoms with Crippen LogP contribution in [-0.4, -0.2) is 19.1 Å². The van der Waals surface area contributed by atoms with Gasteiger partial charge in [0.2, 0.25) is 5.91 Å². The third-order valence-corrected chi connectivity index (χ3v) is 2.18. The van der Waals surface area contributed by atoms with Gasteiger partial charge in [0.1, 0.15) is 6.61 Å². The van der Waals surface area contributed by atoms with Gasteiger partial charge in [0, 0.05) is 5.69 Å². The summed E-state index contributed by atoms with van der Waals surface area (Å²) in [5.74, 6) is -0.230. The highest BCUT2D eigenvalue weighted by Crippen LogP contribution is 2.09. The molecule has 0 spiro atoms. The first-order valence-electron chi connectivity index (χ1n) is 5.64. The van der Waals surface area contributed by atoms with Gasteiger partial charge < -0.3 is 10.1 Å². The Bertz CT molecular complexity index is 475. The van der Waals surface area contributed by atoms with Crippen molar-refractivity contribution in [1.82, 2.24) is 0 Å². The quantitative estimate of drug-likeness (QED) is 0.617. The monoisotopic (exact) mass is 244 g/mol. The molecule has 94 valence electrons. The second-order valence-electron chi connectivity index (χ2n) is 4.00. The van der Waals surface area contributed by atoms with Crippen LogP contribution < -0.4 is 5.32 Å². The Labute approximate surface area is 107 Å². The Balaban J connectivity index is 2.35. The molecule has 0 atom stereocenters. The summed E-state index contributed by atoms with van der Waals surface area (Å²) in [6, 6.07) is 8.76. The predicted octanol–water partition coefficient (Wildman–Crippen LogP) is 2.48. The number of carbonyl (C=O) groups is 1. The lowest BCUT2D eigenvalue weighted by Crippen LogP contribution is -2.18. The van der Waals surface area contributed by atoms with Crippen LogP contribution >= 0.6 is 0 Å². The molecule has 0 saturated heterocycles. The van der Waals surface area contributed by atoms with Gasteiger partial charge in [0.25, 0.3) is 0 Å². The number of nitriles is 1. The standard InChI is InChI=1S/C14H16N2O2/c1-11(2)6-7-18-10-14(17)16-13-5-3-4-12(8-13)9-15/h3-5,8H,1,6-7,10H2,2H3,(H,16,17). The number of anilines is 1. The summed E-state index contributed by atoms with van der Waals surface area (Å²) in [4.78, 5) is 11.5. The van der Waals surface area contributed by atoms with Crippen LogP contribution in [0, 0.1) is 11.3 Å². The Morgan fingerprint density at radius 3 is 3.00 bits per heavy atom. The first-order chi connectivity index (χ1) is 8.61. The van der Waals surface area contributed by atoms with Crippen LogP contribution in [0.1, 0.15) is 18.9 Å². The van der Waals surface area contributed by atoms with Gasteiger partial charge in [-0.3, -0.25) is 4.79 Å². The highest BCUT2D eigenvalue weighted by Gasteiger charge is 2.03. The minimum absolute atomic E-state index is 0.00403. The molecule has 18 heavy (non-hydrogen) atoms. The minimum atomic E-state index is -0.230. The highest BCUT2D eigenvalue weighted by molar-refractivity contribution is 5.91. The predicted molar refractivity (Wildman–Crippen MR) is 70.0 cm³/mol. The Morgan fingerprint density at radius 2 is 2.33 bits per heavy atom. The lowest BCUT2D eigenvalue weighted by atomic mass is 10.2. The maximum absolute atomic E-state index is 11.5. The van der Waals surface area contributed by atoms with Gasteiger partial charge in [0.05, 0.1) is 18.2 Å². The van der Waals surface area contributed by atoms with Gasteiger partial charge in [-0.2, -0.15) is 5.26 Å². The molecule has 0 aliphatic rings. The van der Waals surface area contributed by atoms with Crippen molar-refractivity contribution in [1.29, 1.82) is 5.26 Å². The summed E-state index contributed by atoms with van der Waals surface area (Å²) in [6.07, 6.45) is 0.747. The van der Waals surface area contributed by atoms with Crippen molar-refractivity contribution in [3.05, 3.63) is 42.0 Å². The van der Waals surface area contributed by atoms with Gasteiger partial charge in [-0.15, -0.1) is 6.58 Å². The number of amides is 1. The van der Waals surface area contributed by atoms with Gasteiger partial charge >= 0.3 is 0 Å².